The van der Waals surface area contributed by atoms with Gasteiger partial charge >= 0.3 is 5.97 Å². The number of aryl methyl sites for hydroxylation is 1. The monoisotopic (exact) mass is 1030 g/mol. The van der Waals surface area contributed by atoms with Crippen molar-refractivity contribution >= 4 is 78.7 Å². The van der Waals surface area contributed by atoms with Gasteiger partial charge in [-0.05, 0) is 167 Å². The molecule has 75 heavy (non-hydrogen) atoms. The standard InChI is InChI=1S/C58H61N9O7S/c1-34-38(39-18-20-48(61-52(39)55(72)74-57(2,3)4)67-26-22-35-10-8-12-40(43(35)32-67)53(70)63-56-60-44-13-6-7-15-47(44)75-56)11-9-14-46(34)73-29-23-36-31-58(36)24-27-66(28-25-58)33-50(69)59-37-16-17-41-45(30-37)65(5)64-51(41)42-19-21-49(68)62-54(42)71/h6-18,20,30,36,42H,19,21-29,31-33H2,1-5H3,(H,59,69)(H,60,63,70)(H,62,68,71)/t36-,42?/m0/s1. The smallest absolute Gasteiger partial charge is 0.358 e. The second-order valence-electron chi connectivity index (χ2n) is 21.5. The number of amides is 4. The number of likely N-dealkylation sites (tertiary alicyclic amines) is 1. The minimum Gasteiger partial charge on any atom is -0.493 e. The number of aromatic nitrogens is 4. The third-order valence-electron chi connectivity index (χ3n) is 15.4. The molecular formula is C58H61N9O7S. The summed E-state index contributed by atoms with van der Waals surface area (Å²) in [6.45, 7) is 11.2. The number of carbonyl (C=O) groups is 5. The molecule has 1 unspecified atom stereocenters. The maximum Gasteiger partial charge on any atom is 0.358 e. The van der Waals surface area contributed by atoms with Crippen molar-refractivity contribution in [1.29, 1.82) is 0 Å². The fourth-order valence-electron chi connectivity index (χ4n) is 11.4. The zero-order valence-corrected chi connectivity index (χ0v) is 43.8. The first-order chi connectivity index (χ1) is 36.1. The summed E-state index contributed by atoms with van der Waals surface area (Å²) in [5.41, 5.74) is 7.68. The van der Waals surface area contributed by atoms with Crippen LogP contribution in [0.5, 0.6) is 5.75 Å². The number of pyridine rings is 1. The Hall–Kier alpha value is -7.50. The van der Waals surface area contributed by atoms with Gasteiger partial charge in [0.2, 0.25) is 17.7 Å². The Balaban J connectivity index is 0.707. The van der Waals surface area contributed by atoms with Crippen molar-refractivity contribution in [2.45, 2.75) is 90.7 Å². The highest BCUT2D eigenvalue weighted by Crippen LogP contribution is 2.61. The molecule has 4 aliphatic rings. The second kappa shape index (κ2) is 20.0. The number of fused-ring (bicyclic) bond motifs is 3. The van der Waals surface area contributed by atoms with E-state index >= 15 is 0 Å². The van der Waals surface area contributed by atoms with Crippen LogP contribution in [-0.4, -0.2) is 92.6 Å². The van der Waals surface area contributed by atoms with E-state index in [0.29, 0.717) is 78.5 Å². The Morgan fingerprint density at radius 1 is 0.893 bits per heavy atom. The molecule has 16 nitrogen and oxygen atoms in total. The zero-order chi connectivity index (χ0) is 52.2. The molecule has 3 N–H and O–H groups in total. The lowest BCUT2D eigenvalue weighted by atomic mass is 9.90. The summed E-state index contributed by atoms with van der Waals surface area (Å²) in [5.74, 6) is 0.0312. The van der Waals surface area contributed by atoms with Gasteiger partial charge in [0, 0.05) is 48.8 Å². The van der Waals surface area contributed by atoms with E-state index in [9.17, 15) is 24.0 Å². The van der Waals surface area contributed by atoms with Crippen LogP contribution in [0.25, 0.3) is 32.2 Å². The van der Waals surface area contributed by atoms with E-state index in [1.165, 1.54) is 11.3 Å². The van der Waals surface area contributed by atoms with Crippen molar-refractivity contribution < 1.29 is 33.4 Å². The quantitative estimate of drug-likeness (QED) is 0.0734. The Labute approximate surface area is 439 Å². The van der Waals surface area contributed by atoms with Gasteiger partial charge in [-0.2, -0.15) is 5.10 Å². The predicted octanol–water partition coefficient (Wildman–Crippen LogP) is 9.35. The topological polar surface area (TPSA) is 190 Å². The van der Waals surface area contributed by atoms with E-state index in [0.717, 1.165) is 87.9 Å². The van der Waals surface area contributed by atoms with E-state index in [2.05, 4.69) is 41.9 Å². The molecule has 1 saturated carbocycles. The summed E-state index contributed by atoms with van der Waals surface area (Å²) in [7, 11) is 1.81. The number of hydrogen-bond acceptors (Lipinski definition) is 13. The number of carbonyl (C=O) groups excluding carboxylic acids is 5. The molecule has 386 valence electrons. The minimum atomic E-state index is -0.750. The van der Waals surface area contributed by atoms with Crippen molar-refractivity contribution in [3.8, 4) is 16.9 Å². The largest absolute Gasteiger partial charge is 0.493 e. The van der Waals surface area contributed by atoms with Gasteiger partial charge in [0.05, 0.1) is 40.5 Å². The zero-order valence-electron chi connectivity index (χ0n) is 43.0. The van der Waals surface area contributed by atoms with Crippen molar-refractivity contribution in [2.24, 2.45) is 18.4 Å². The number of piperidine rings is 2. The minimum absolute atomic E-state index is 0.0759. The van der Waals surface area contributed by atoms with E-state index in [-0.39, 0.29) is 41.2 Å². The number of para-hydroxylation sites is 1. The van der Waals surface area contributed by atoms with Gasteiger partial charge in [-0.15, -0.1) is 0 Å². The van der Waals surface area contributed by atoms with Crippen LogP contribution < -0.4 is 25.6 Å². The van der Waals surface area contributed by atoms with Gasteiger partial charge < -0.3 is 19.7 Å². The summed E-state index contributed by atoms with van der Waals surface area (Å²) in [6, 6.07) is 29.1. The fourth-order valence-corrected chi connectivity index (χ4v) is 12.2. The average molecular weight is 1030 g/mol. The summed E-state index contributed by atoms with van der Waals surface area (Å²) in [4.78, 5) is 79.5. The highest BCUT2D eigenvalue weighted by molar-refractivity contribution is 7.22. The molecule has 1 aliphatic carbocycles. The number of nitrogens with zero attached hydrogens (tertiary/aromatic N) is 6. The van der Waals surface area contributed by atoms with Crippen LogP contribution in [0.4, 0.5) is 16.6 Å². The maximum atomic E-state index is 14.1. The Morgan fingerprint density at radius 3 is 2.51 bits per heavy atom. The molecule has 11 rings (SSSR count). The third-order valence-corrected chi connectivity index (χ3v) is 16.4. The molecule has 3 aromatic heterocycles. The van der Waals surface area contributed by atoms with Crippen molar-refractivity contribution in [1.82, 2.24) is 30.0 Å². The lowest BCUT2D eigenvalue weighted by molar-refractivity contribution is -0.134. The summed E-state index contributed by atoms with van der Waals surface area (Å²) < 4.78 is 15.2. The van der Waals surface area contributed by atoms with Crippen LogP contribution in [0.15, 0.2) is 91.0 Å². The van der Waals surface area contributed by atoms with Gasteiger partial charge in [-0.1, -0.05) is 47.7 Å². The Bertz CT molecular complexity index is 3390. The highest BCUT2D eigenvalue weighted by Gasteiger charge is 2.54. The van der Waals surface area contributed by atoms with Crippen LogP contribution in [0.2, 0.25) is 0 Å². The highest BCUT2D eigenvalue weighted by atomic mass is 32.1. The summed E-state index contributed by atoms with van der Waals surface area (Å²) in [6.07, 6.45) is 5.55. The van der Waals surface area contributed by atoms with E-state index in [1.54, 1.807) is 4.68 Å². The molecular weight excluding hydrogens is 967 g/mol. The predicted molar refractivity (Wildman–Crippen MR) is 289 cm³/mol. The number of hydrogen-bond donors (Lipinski definition) is 3. The maximum absolute atomic E-state index is 14.1. The third kappa shape index (κ3) is 10.3. The van der Waals surface area contributed by atoms with Gasteiger partial charge in [0.15, 0.2) is 10.8 Å². The molecule has 0 bridgehead atoms. The van der Waals surface area contributed by atoms with Crippen LogP contribution in [0.1, 0.15) is 108 Å². The molecule has 6 heterocycles. The number of thiazole rings is 1. The van der Waals surface area contributed by atoms with Gasteiger partial charge in [0.1, 0.15) is 17.2 Å². The first-order valence-electron chi connectivity index (χ1n) is 25.9. The average Bonchev–Trinajstić information content (AvgIpc) is 3.73. The normalized spacial score (nSPS) is 18.4. The van der Waals surface area contributed by atoms with Crippen LogP contribution in [0, 0.1) is 18.3 Å². The van der Waals surface area contributed by atoms with Crippen molar-refractivity contribution in [3.05, 3.63) is 125 Å². The molecule has 4 amide bonds. The number of nitrogens with one attached hydrogen (secondary N) is 3. The molecule has 1 spiro atoms. The second-order valence-corrected chi connectivity index (χ2v) is 22.6. The molecule has 3 aliphatic heterocycles. The van der Waals surface area contributed by atoms with Gasteiger partial charge in [-0.3, -0.25) is 39.4 Å². The Morgan fingerprint density at radius 2 is 1.71 bits per heavy atom. The number of rotatable bonds is 13. The number of benzene rings is 4. The Kier molecular flexibility index (Phi) is 13.2. The van der Waals surface area contributed by atoms with Crippen LogP contribution in [-0.2, 0) is 39.1 Å². The molecule has 17 heteroatoms. The molecule has 0 radical (unpaired) electrons. The number of ether oxygens (including phenoxy) is 2. The lowest BCUT2D eigenvalue weighted by Gasteiger charge is -2.32. The first-order valence-corrected chi connectivity index (χ1v) is 26.7. The van der Waals surface area contributed by atoms with Gasteiger partial charge in [-0.25, -0.2) is 14.8 Å². The number of imide groups is 1. The molecule has 7 aromatic rings. The van der Waals surface area contributed by atoms with Crippen molar-refractivity contribution in [3.63, 3.8) is 0 Å². The summed E-state index contributed by atoms with van der Waals surface area (Å²) >= 11 is 1.44. The SMILES string of the molecule is Cc1c(OCC[C@H]2CC23CCN(CC(=O)Nc2ccc4c(C5CCC(=O)NC5=O)nn(C)c4c2)CC3)cccc1-c1ccc(N2CCc3cccc(C(=O)Nc4nc5ccccc5s4)c3C2)nc1C(=O)OC(C)(C)C. The van der Waals surface area contributed by atoms with Crippen molar-refractivity contribution in [2.75, 3.05) is 48.3 Å². The van der Waals surface area contributed by atoms with Crippen LogP contribution >= 0.6 is 11.3 Å². The fraction of sp³-hybridized carbons (Fsp3) is 0.379. The number of anilines is 3. The number of esters is 1. The van der Waals surface area contributed by atoms with Gasteiger partial charge in [0.25, 0.3) is 5.91 Å². The molecule has 3 fully saturated rings. The molecule has 2 atom stereocenters. The van der Waals surface area contributed by atoms with E-state index in [4.69, 9.17) is 14.5 Å². The molecule has 2 saturated heterocycles. The van der Waals surface area contributed by atoms with E-state index in [1.807, 2.05) is 120 Å². The van der Waals surface area contributed by atoms with Crippen LogP contribution in [0.3, 0.4) is 0 Å². The lowest BCUT2D eigenvalue weighted by Crippen LogP contribution is -2.40. The summed E-state index contributed by atoms with van der Waals surface area (Å²) in [5, 5.41) is 14.5. The molecule has 4 aromatic carbocycles. The first kappa shape index (κ1) is 49.7. The van der Waals surface area contributed by atoms with E-state index < -0.39 is 17.5 Å².